The number of halogens is 1. The number of carbonyl (C=O) groups is 2. The number of piperidine rings is 1. The van der Waals surface area contributed by atoms with E-state index < -0.39 is 5.97 Å². The number of nitrogens with one attached hydrogen (secondary N) is 3. The quantitative estimate of drug-likeness (QED) is 0.605. The van der Waals surface area contributed by atoms with E-state index in [4.69, 9.17) is 4.74 Å². The summed E-state index contributed by atoms with van der Waals surface area (Å²) in [6.45, 7) is 3.44. The highest BCUT2D eigenvalue weighted by Crippen LogP contribution is 2.19. The second-order valence-corrected chi connectivity index (χ2v) is 7.52. The van der Waals surface area contributed by atoms with Crippen molar-refractivity contribution >= 4 is 17.7 Å². The molecule has 1 saturated heterocycles. The SMILES string of the molecule is CCOC(=O)c1cccc(NC(=O)NC[C@H]2CC[C@@H](Cc3ccc(F)cc3)CN2)c1. The first-order chi connectivity index (χ1) is 14.5. The van der Waals surface area contributed by atoms with Gasteiger partial charge in [0.15, 0.2) is 0 Å². The smallest absolute Gasteiger partial charge is 0.338 e. The Hall–Kier alpha value is -2.93. The maximum absolute atomic E-state index is 13.0. The fourth-order valence-electron chi connectivity index (χ4n) is 3.61. The zero-order chi connectivity index (χ0) is 21.3. The molecule has 0 bridgehead atoms. The fourth-order valence-corrected chi connectivity index (χ4v) is 3.61. The van der Waals surface area contributed by atoms with Crippen LogP contribution >= 0.6 is 0 Å². The molecule has 0 aromatic heterocycles. The molecular formula is C23H28FN3O3. The molecule has 1 aliphatic heterocycles. The van der Waals surface area contributed by atoms with Gasteiger partial charge in [-0.2, -0.15) is 0 Å². The van der Waals surface area contributed by atoms with Gasteiger partial charge in [-0.05, 0) is 74.5 Å². The molecule has 2 aromatic rings. The van der Waals surface area contributed by atoms with E-state index in [1.807, 2.05) is 12.1 Å². The van der Waals surface area contributed by atoms with Gasteiger partial charge in [0.2, 0.25) is 0 Å². The third kappa shape index (κ3) is 6.56. The minimum atomic E-state index is -0.414. The van der Waals surface area contributed by atoms with Crippen molar-refractivity contribution in [3.8, 4) is 0 Å². The number of benzene rings is 2. The minimum absolute atomic E-state index is 0.211. The minimum Gasteiger partial charge on any atom is -0.462 e. The van der Waals surface area contributed by atoms with Gasteiger partial charge in [0.05, 0.1) is 12.2 Å². The van der Waals surface area contributed by atoms with Crippen LogP contribution in [0, 0.1) is 11.7 Å². The van der Waals surface area contributed by atoms with E-state index >= 15 is 0 Å². The van der Waals surface area contributed by atoms with Crippen molar-refractivity contribution in [2.45, 2.75) is 32.2 Å². The molecule has 1 fully saturated rings. The standard InChI is InChI=1S/C23H28FN3O3/c1-2-30-22(28)18-4-3-5-20(13-18)27-23(29)26-15-21-11-8-17(14-25-21)12-16-6-9-19(24)10-7-16/h3-7,9-10,13,17,21,25H,2,8,11-12,14-15H2,1H3,(H2,26,27,29)/t17-,21+/m0/s1. The maximum Gasteiger partial charge on any atom is 0.338 e. The van der Waals surface area contributed by atoms with E-state index in [-0.39, 0.29) is 17.9 Å². The van der Waals surface area contributed by atoms with E-state index in [1.54, 1.807) is 31.2 Å². The Morgan fingerprint density at radius 1 is 1.17 bits per heavy atom. The molecule has 6 nitrogen and oxygen atoms in total. The number of hydrogen-bond donors (Lipinski definition) is 3. The number of urea groups is 1. The molecule has 2 atom stereocenters. The number of esters is 1. The fraction of sp³-hybridized carbons (Fsp3) is 0.391. The summed E-state index contributed by atoms with van der Waals surface area (Å²) in [5.41, 5.74) is 2.08. The number of amides is 2. The van der Waals surface area contributed by atoms with Gasteiger partial charge < -0.3 is 20.7 Å². The summed E-state index contributed by atoms with van der Waals surface area (Å²) in [6.07, 6.45) is 2.94. The van der Waals surface area contributed by atoms with Crippen LogP contribution in [0.5, 0.6) is 0 Å². The van der Waals surface area contributed by atoms with Crippen LogP contribution in [0.3, 0.4) is 0 Å². The van der Waals surface area contributed by atoms with Crippen molar-refractivity contribution in [3.63, 3.8) is 0 Å². The largest absolute Gasteiger partial charge is 0.462 e. The van der Waals surface area contributed by atoms with Crippen molar-refractivity contribution in [2.75, 3.05) is 25.0 Å². The van der Waals surface area contributed by atoms with Crippen LogP contribution in [0.4, 0.5) is 14.9 Å². The van der Waals surface area contributed by atoms with E-state index in [1.165, 1.54) is 12.1 Å². The molecule has 0 unspecified atom stereocenters. The third-order valence-corrected chi connectivity index (χ3v) is 5.20. The number of carbonyl (C=O) groups excluding carboxylic acids is 2. The number of rotatable bonds is 7. The summed E-state index contributed by atoms with van der Waals surface area (Å²) in [4.78, 5) is 24.0. The van der Waals surface area contributed by atoms with E-state index in [0.717, 1.165) is 31.4 Å². The van der Waals surface area contributed by atoms with E-state index in [9.17, 15) is 14.0 Å². The Morgan fingerprint density at radius 3 is 2.67 bits per heavy atom. The first-order valence-corrected chi connectivity index (χ1v) is 10.3. The zero-order valence-electron chi connectivity index (χ0n) is 17.1. The Balaban J connectivity index is 1.39. The van der Waals surface area contributed by atoms with Gasteiger partial charge in [0.1, 0.15) is 5.82 Å². The molecule has 0 spiro atoms. The van der Waals surface area contributed by atoms with Gasteiger partial charge in [-0.3, -0.25) is 0 Å². The predicted molar refractivity (Wildman–Crippen MR) is 114 cm³/mol. The van der Waals surface area contributed by atoms with Crippen LogP contribution in [0.15, 0.2) is 48.5 Å². The topological polar surface area (TPSA) is 79.5 Å². The lowest BCUT2D eigenvalue weighted by Crippen LogP contribution is -2.47. The van der Waals surface area contributed by atoms with Crippen molar-refractivity contribution in [2.24, 2.45) is 5.92 Å². The molecule has 30 heavy (non-hydrogen) atoms. The van der Waals surface area contributed by atoms with Crippen molar-refractivity contribution in [3.05, 3.63) is 65.5 Å². The van der Waals surface area contributed by atoms with Crippen molar-refractivity contribution in [1.29, 1.82) is 0 Å². The summed E-state index contributed by atoms with van der Waals surface area (Å²) >= 11 is 0. The lowest BCUT2D eigenvalue weighted by molar-refractivity contribution is 0.0526. The first-order valence-electron chi connectivity index (χ1n) is 10.3. The second-order valence-electron chi connectivity index (χ2n) is 7.52. The van der Waals surface area contributed by atoms with Crippen LogP contribution in [0.1, 0.15) is 35.7 Å². The molecule has 0 aliphatic carbocycles. The van der Waals surface area contributed by atoms with Gasteiger partial charge in [0.25, 0.3) is 0 Å². The van der Waals surface area contributed by atoms with Crippen LogP contribution in [-0.4, -0.2) is 37.7 Å². The molecule has 1 heterocycles. The molecule has 1 aliphatic rings. The Morgan fingerprint density at radius 2 is 1.97 bits per heavy atom. The molecular weight excluding hydrogens is 385 g/mol. The van der Waals surface area contributed by atoms with Crippen LogP contribution in [0.25, 0.3) is 0 Å². The van der Waals surface area contributed by atoms with Crippen molar-refractivity contribution < 1.29 is 18.7 Å². The normalized spacial score (nSPS) is 18.5. The third-order valence-electron chi connectivity index (χ3n) is 5.20. The Kier molecular flexibility index (Phi) is 7.79. The maximum atomic E-state index is 13.0. The summed E-state index contributed by atoms with van der Waals surface area (Å²) < 4.78 is 18.0. The average molecular weight is 413 g/mol. The van der Waals surface area contributed by atoms with E-state index in [2.05, 4.69) is 16.0 Å². The summed E-state index contributed by atoms with van der Waals surface area (Å²) in [7, 11) is 0. The highest BCUT2D eigenvalue weighted by Gasteiger charge is 2.21. The number of ether oxygens (including phenoxy) is 1. The lowest BCUT2D eigenvalue weighted by Gasteiger charge is -2.30. The predicted octanol–water partition coefficient (Wildman–Crippen LogP) is 3.73. The van der Waals surface area contributed by atoms with Crippen LogP contribution in [0.2, 0.25) is 0 Å². The summed E-state index contributed by atoms with van der Waals surface area (Å²) in [5.74, 6) is -0.119. The highest BCUT2D eigenvalue weighted by atomic mass is 19.1. The zero-order valence-corrected chi connectivity index (χ0v) is 17.1. The average Bonchev–Trinajstić information content (AvgIpc) is 2.75. The van der Waals surface area contributed by atoms with Crippen LogP contribution in [-0.2, 0) is 11.2 Å². The Labute approximate surface area is 176 Å². The van der Waals surface area contributed by atoms with Gasteiger partial charge in [0, 0.05) is 18.3 Å². The highest BCUT2D eigenvalue weighted by molar-refractivity contribution is 5.93. The van der Waals surface area contributed by atoms with Gasteiger partial charge in [-0.1, -0.05) is 18.2 Å². The molecule has 0 radical (unpaired) electrons. The molecule has 3 N–H and O–H groups in total. The Bertz CT molecular complexity index is 849. The second kappa shape index (κ2) is 10.7. The van der Waals surface area contributed by atoms with Gasteiger partial charge in [-0.25, -0.2) is 14.0 Å². The number of anilines is 1. The van der Waals surface area contributed by atoms with Crippen molar-refractivity contribution in [1.82, 2.24) is 10.6 Å². The van der Waals surface area contributed by atoms with Gasteiger partial charge >= 0.3 is 12.0 Å². The first kappa shape index (κ1) is 21.8. The van der Waals surface area contributed by atoms with Gasteiger partial charge in [-0.15, -0.1) is 0 Å². The molecule has 2 aromatic carbocycles. The molecule has 0 saturated carbocycles. The monoisotopic (exact) mass is 413 g/mol. The van der Waals surface area contributed by atoms with E-state index in [0.29, 0.717) is 30.3 Å². The molecule has 7 heteroatoms. The van der Waals surface area contributed by atoms with Crippen LogP contribution < -0.4 is 16.0 Å². The molecule has 2 amide bonds. The summed E-state index contributed by atoms with van der Waals surface area (Å²) in [6, 6.07) is 13.2. The lowest BCUT2D eigenvalue weighted by atomic mass is 9.89. The molecule has 3 rings (SSSR count). The molecule has 160 valence electrons. The summed E-state index contributed by atoms with van der Waals surface area (Å²) in [5, 5.41) is 9.10. The number of hydrogen-bond acceptors (Lipinski definition) is 4.